The first-order valence-corrected chi connectivity index (χ1v) is 10.1. The number of hydrogen-bond acceptors (Lipinski definition) is 6. The van der Waals surface area contributed by atoms with Crippen LogP contribution in [-0.4, -0.2) is 33.8 Å². The number of benzene rings is 1. The van der Waals surface area contributed by atoms with E-state index in [0.29, 0.717) is 17.7 Å². The Labute approximate surface area is 165 Å². The van der Waals surface area contributed by atoms with Crippen molar-refractivity contribution in [1.29, 1.82) is 0 Å². The molecule has 0 spiro atoms. The number of aryl methyl sites for hydroxylation is 2. The SMILES string of the molecule is Cc1cc(C)cc(-c2nnc(SCC(=O)N(C)Cc3ccc(Cl)s3)o2)c1. The van der Waals surface area contributed by atoms with Crippen molar-refractivity contribution in [2.24, 2.45) is 0 Å². The normalized spacial score (nSPS) is 10.9. The van der Waals surface area contributed by atoms with Gasteiger partial charge in [-0.1, -0.05) is 40.6 Å². The highest BCUT2D eigenvalue weighted by atomic mass is 35.5. The van der Waals surface area contributed by atoms with Crippen LogP contribution >= 0.6 is 34.7 Å². The van der Waals surface area contributed by atoms with Crippen molar-refractivity contribution in [1.82, 2.24) is 15.1 Å². The van der Waals surface area contributed by atoms with Gasteiger partial charge in [0.05, 0.1) is 16.6 Å². The van der Waals surface area contributed by atoms with Crippen LogP contribution in [0.1, 0.15) is 16.0 Å². The Kier molecular flexibility index (Phi) is 6.01. The fourth-order valence-corrected chi connectivity index (χ4v) is 4.32. The van der Waals surface area contributed by atoms with E-state index in [1.165, 1.54) is 23.1 Å². The van der Waals surface area contributed by atoms with Crippen LogP contribution in [-0.2, 0) is 11.3 Å². The van der Waals surface area contributed by atoms with Gasteiger partial charge in [-0.2, -0.15) is 0 Å². The maximum Gasteiger partial charge on any atom is 0.277 e. The van der Waals surface area contributed by atoms with Gasteiger partial charge in [0, 0.05) is 17.5 Å². The highest BCUT2D eigenvalue weighted by Crippen LogP contribution is 2.26. The summed E-state index contributed by atoms with van der Waals surface area (Å²) in [6.45, 7) is 4.59. The molecule has 0 fully saturated rings. The highest BCUT2D eigenvalue weighted by molar-refractivity contribution is 7.99. The fourth-order valence-electron chi connectivity index (χ4n) is 2.48. The standard InChI is InChI=1S/C18H18ClN3O2S2/c1-11-6-12(2)8-13(7-11)17-20-21-18(24-17)25-10-16(23)22(3)9-14-4-5-15(19)26-14/h4-8H,9-10H2,1-3H3. The van der Waals surface area contributed by atoms with Crippen LogP contribution in [0.25, 0.3) is 11.5 Å². The third kappa shape index (κ3) is 4.87. The van der Waals surface area contributed by atoms with E-state index in [2.05, 4.69) is 16.3 Å². The summed E-state index contributed by atoms with van der Waals surface area (Å²) in [5.74, 6) is 0.698. The molecule has 0 aliphatic carbocycles. The number of amides is 1. The quantitative estimate of drug-likeness (QED) is 0.548. The average molecular weight is 408 g/mol. The molecule has 0 saturated carbocycles. The van der Waals surface area contributed by atoms with E-state index in [9.17, 15) is 4.79 Å². The van der Waals surface area contributed by atoms with Gasteiger partial charge >= 0.3 is 0 Å². The van der Waals surface area contributed by atoms with Crippen molar-refractivity contribution < 1.29 is 9.21 Å². The number of hydrogen-bond donors (Lipinski definition) is 0. The highest BCUT2D eigenvalue weighted by Gasteiger charge is 2.15. The number of carbonyl (C=O) groups excluding carboxylic acids is 1. The Morgan fingerprint density at radius 1 is 1.23 bits per heavy atom. The van der Waals surface area contributed by atoms with Gasteiger partial charge < -0.3 is 9.32 Å². The minimum absolute atomic E-state index is 0.00864. The molecule has 0 saturated heterocycles. The molecule has 0 unspecified atom stereocenters. The molecule has 1 aromatic carbocycles. The zero-order valence-corrected chi connectivity index (χ0v) is 17.0. The number of carbonyl (C=O) groups is 1. The summed E-state index contributed by atoms with van der Waals surface area (Å²) in [6, 6.07) is 9.85. The summed E-state index contributed by atoms with van der Waals surface area (Å²) >= 11 is 8.64. The zero-order valence-electron chi connectivity index (χ0n) is 14.7. The van der Waals surface area contributed by atoms with Gasteiger partial charge in [-0.25, -0.2) is 0 Å². The second kappa shape index (κ2) is 8.24. The lowest BCUT2D eigenvalue weighted by Crippen LogP contribution is -2.27. The van der Waals surface area contributed by atoms with E-state index in [0.717, 1.165) is 25.9 Å². The average Bonchev–Trinajstić information content (AvgIpc) is 3.20. The third-order valence-corrected chi connectivity index (χ3v) is 5.66. The van der Waals surface area contributed by atoms with Crippen LogP contribution in [0, 0.1) is 13.8 Å². The molecule has 0 aliphatic rings. The maximum atomic E-state index is 12.3. The number of nitrogens with zero attached hydrogens (tertiary/aromatic N) is 3. The summed E-state index contributed by atoms with van der Waals surface area (Å²) in [4.78, 5) is 15.0. The van der Waals surface area contributed by atoms with Crippen LogP contribution in [0.15, 0.2) is 40.0 Å². The molecule has 3 aromatic rings. The zero-order chi connectivity index (χ0) is 18.7. The molecule has 8 heteroatoms. The van der Waals surface area contributed by atoms with E-state index in [4.69, 9.17) is 16.0 Å². The summed E-state index contributed by atoms with van der Waals surface area (Å²) in [6.07, 6.45) is 0. The van der Waals surface area contributed by atoms with Crippen molar-refractivity contribution in [2.45, 2.75) is 25.6 Å². The second-order valence-electron chi connectivity index (χ2n) is 5.99. The molecule has 1 amide bonds. The summed E-state index contributed by atoms with van der Waals surface area (Å²) in [7, 11) is 1.77. The van der Waals surface area contributed by atoms with Crippen molar-refractivity contribution in [3.05, 3.63) is 50.7 Å². The molecule has 3 rings (SSSR count). The third-order valence-electron chi connectivity index (χ3n) is 3.64. The van der Waals surface area contributed by atoms with Crippen molar-refractivity contribution in [3.63, 3.8) is 0 Å². The number of thiophene rings is 1. The first-order valence-electron chi connectivity index (χ1n) is 7.94. The van der Waals surface area contributed by atoms with Crippen LogP contribution < -0.4 is 0 Å². The first-order chi connectivity index (χ1) is 12.4. The molecule has 2 aromatic heterocycles. The van der Waals surface area contributed by atoms with E-state index < -0.39 is 0 Å². The van der Waals surface area contributed by atoms with Crippen LogP contribution in [0.5, 0.6) is 0 Å². The van der Waals surface area contributed by atoms with Gasteiger partial charge in [-0.05, 0) is 38.1 Å². The molecule has 26 heavy (non-hydrogen) atoms. The van der Waals surface area contributed by atoms with Gasteiger partial charge in [0.2, 0.25) is 11.8 Å². The molecule has 5 nitrogen and oxygen atoms in total. The lowest BCUT2D eigenvalue weighted by molar-refractivity contribution is -0.127. The maximum absolute atomic E-state index is 12.3. The topological polar surface area (TPSA) is 59.2 Å². The molecule has 0 aliphatic heterocycles. The van der Waals surface area contributed by atoms with Gasteiger partial charge in [-0.15, -0.1) is 21.5 Å². The minimum atomic E-state index is -0.00864. The van der Waals surface area contributed by atoms with Crippen molar-refractivity contribution in [3.8, 4) is 11.5 Å². The summed E-state index contributed by atoms with van der Waals surface area (Å²) in [5, 5.41) is 8.51. The van der Waals surface area contributed by atoms with Gasteiger partial charge in [0.25, 0.3) is 5.22 Å². The Morgan fingerprint density at radius 2 is 1.96 bits per heavy atom. The summed E-state index contributed by atoms with van der Waals surface area (Å²) < 4.78 is 6.41. The molecule has 0 bridgehead atoms. The Balaban J connectivity index is 1.58. The molecule has 136 valence electrons. The smallest absolute Gasteiger partial charge is 0.277 e. The molecule has 2 heterocycles. The first kappa shape index (κ1) is 18.9. The van der Waals surface area contributed by atoms with E-state index in [1.807, 2.05) is 38.1 Å². The number of thioether (sulfide) groups is 1. The predicted octanol–water partition coefficient (Wildman–Crippen LogP) is 4.82. The van der Waals surface area contributed by atoms with Crippen LogP contribution in [0.2, 0.25) is 4.34 Å². The van der Waals surface area contributed by atoms with E-state index in [-0.39, 0.29) is 11.7 Å². The van der Waals surface area contributed by atoms with Gasteiger partial charge in [0.1, 0.15) is 0 Å². The lowest BCUT2D eigenvalue weighted by Gasteiger charge is -2.15. The number of aromatic nitrogens is 2. The molecule has 0 atom stereocenters. The largest absolute Gasteiger partial charge is 0.411 e. The second-order valence-corrected chi connectivity index (χ2v) is 8.72. The van der Waals surface area contributed by atoms with Crippen molar-refractivity contribution in [2.75, 3.05) is 12.8 Å². The van der Waals surface area contributed by atoms with Gasteiger partial charge in [0.15, 0.2) is 0 Å². The molecule has 0 N–H and O–H groups in total. The van der Waals surface area contributed by atoms with Gasteiger partial charge in [-0.3, -0.25) is 4.79 Å². The predicted molar refractivity (Wildman–Crippen MR) is 106 cm³/mol. The molecule has 0 radical (unpaired) electrons. The summed E-state index contributed by atoms with van der Waals surface area (Å²) in [5.41, 5.74) is 3.16. The van der Waals surface area contributed by atoms with Crippen LogP contribution in [0.4, 0.5) is 0 Å². The van der Waals surface area contributed by atoms with E-state index >= 15 is 0 Å². The number of halogens is 1. The molecular formula is C18H18ClN3O2S2. The van der Waals surface area contributed by atoms with E-state index in [1.54, 1.807) is 11.9 Å². The Morgan fingerprint density at radius 3 is 2.62 bits per heavy atom. The lowest BCUT2D eigenvalue weighted by atomic mass is 10.1. The monoisotopic (exact) mass is 407 g/mol. The Hall–Kier alpha value is -1.83. The van der Waals surface area contributed by atoms with Crippen molar-refractivity contribution >= 4 is 40.6 Å². The van der Waals surface area contributed by atoms with Crippen LogP contribution in [0.3, 0.4) is 0 Å². The fraction of sp³-hybridized carbons (Fsp3) is 0.278. The minimum Gasteiger partial charge on any atom is -0.411 e. The number of rotatable bonds is 6. The Bertz CT molecular complexity index is 903. The molecular weight excluding hydrogens is 390 g/mol.